The Labute approximate surface area is 246 Å². The zero-order valence-electron chi connectivity index (χ0n) is 25.1. The number of rotatable bonds is 3. The SMILES string of the molecule is COC[C@@]1(C)/C=C/c2ccc3ccc(nc3c2)[C@@H](C)NC(=O)[C@@H]2CCCN(N2)C(=O)[C@H](C)NC(=O)[C@H](C(C)C)OC1=O. The third kappa shape index (κ3) is 6.96. The van der Waals surface area contributed by atoms with Gasteiger partial charge in [0.25, 0.3) is 11.8 Å². The maximum Gasteiger partial charge on any atom is 0.318 e. The van der Waals surface area contributed by atoms with Gasteiger partial charge in [0.2, 0.25) is 5.91 Å². The first-order valence-electron chi connectivity index (χ1n) is 14.4. The van der Waals surface area contributed by atoms with Gasteiger partial charge >= 0.3 is 5.97 Å². The van der Waals surface area contributed by atoms with Crippen LogP contribution >= 0.6 is 0 Å². The Morgan fingerprint density at radius 1 is 1.07 bits per heavy atom. The highest BCUT2D eigenvalue weighted by atomic mass is 16.6. The molecule has 5 bridgehead atoms. The summed E-state index contributed by atoms with van der Waals surface area (Å²) in [5, 5.41) is 8.01. The summed E-state index contributed by atoms with van der Waals surface area (Å²) in [6.07, 6.45) is 3.53. The lowest BCUT2D eigenvalue weighted by Crippen LogP contribution is -2.61. The molecule has 3 amide bonds. The first kappa shape index (κ1) is 31.1. The van der Waals surface area contributed by atoms with Crippen LogP contribution in [0.2, 0.25) is 0 Å². The van der Waals surface area contributed by atoms with Gasteiger partial charge in [0, 0.05) is 19.0 Å². The minimum Gasteiger partial charge on any atom is -0.451 e. The molecule has 1 saturated heterocycles. The zero-order chi connectivity index (χ0) is 30.6. The lowest BCUT2D eigenvalue weighted by molar-refractivity contribution is -0.168. The number of amides is 3. The molecule has 1 fully saturated rings. The van der Waals surface area contributed by atoms with Crippen LogP contribution in [0.25, 0.3) is 17.0 Å². The average Bonchev–Trinajstić information content (AvgIpc) is 2.97. The summed E-state index contributed by atoms with van der Waals surface area (Å²) in [6, 6.07) is 7.67. The van der Waals surface area contributed by atoms with E-state index in [4.69, 9.17) is 14.5 Å². The van der Waals surface area contributed by atoms with Crippen LogP contribution in [0.5, 0.6) is 0 Å². The van der Waals surface area contributed by atoms with Crippen LogP contribution in [0.15, 0.2) is 36.4 Å². The Balaban J connectivity index is 1.74. The highest BCUT2D eigenvalue weighted by Gasteiger charge is 2.38. The quantitative estimate of drug-likeness (QED) is 0.472. The Bertz CT molecular complexity index is 1380. The van der Waals surface area contributed by atoms with Crippen molar-refractivity contribution in [1.29, 1.82) is 0 Å². The predicted molar refractivity (Wildman–Crippen MR) is 158 cm³/mol. The van der Waals surface area contributed by atoms with E-state index >= 15 is 0 Å². The van der Waals surface area contributed by atoms with Crippen LogP contribution in [-0.2, 0) is 28.7 Å². The molecular weight excluding hydrogens is 538 g/mol. The van der Waals surface area contributed by atoms with Crippen molar-refractivity contribution >= 4 is 40.7 Å². The topological polar surface area (TPSA) is 139 Å². The molecule has 5 atom stereocenters. The fraction of sp³-hybridized carbons (Fsp3) is 0.516. The van der Waals surface area contributed by atoms with Crippen LogP contribution in [0, 0.1) is 11.3 Å². The zero-order valence-corrected chi connectivity index (χ0v) is 25.1. The number of hydrogen-bond acceptors (Lipinski definition) is 8. The van der Waals surface area contributed by atoms with E-state index < -0.39 is 41.4 Å². The molecule has 11 heteroatoms. The van der Waals surface area contributed by atoms with Crippen LogP contribution in [0.1, 0.15) is 64.8 Å². The van der Waals surface area contributed by atoms with Crippen LogP contribution in [0.4, 0.5) is 0 Å². The molecule has 1 aromatic heterocycles. The van der Waals surface area contributed by atoms with E-state index in [9.17, 15) is 19.2 Å². The summed E-state index contributed by atoms with van der Waals surface area (Å²) in [5.74, 6) is -2.21. The highest BCUT2D eigenvalue weighted by Crippen LogP contribution is 2.26. The number of ether oxygens (including phenoxy) is 2. The maximum absolute atomic E-state index is 13.5. The van der Waals surface area contributed by atoms with E-state index in [1.54, 1.807) is 39.8 Å². The summed E-state index contributed by atoms with van der Waals surface area (Å²) in [6.45, 7) is 9.06. The summed E-state index contributed by atoms with van der Waals surface area (Å²) in [7, 11) is 1.49. The third-order valence-corrected chi connectivity index (χ3v) is 7.69. The van der Waals surface area contributed by atoms with Gasteiger partial charge < -0.3 is 20.1 Å². The second-order valence-corrected chi connectivity index (χ2v) is 11.7. The van der Waals surface area contributed by atoms with Crippen LogP contribution in [-0.4, -0.2) is 72.1 Å². The molecule has 3 N–H and O–H groups in total. The molecule has 42 heavy (non-hydrogen) atoms. The fourth-order valence-corrected chi connectivity index (χ4v) is 5.11. The van der Waals surface area contributed by atoms with Crippen molar-refractivity contribution in [1.82, 2.24) is 26.1 Å². The summed E-state index contributed by atoms with van der Waals surface area (Å²) < 4.78 is 11.1. The molecule has 2 aliphatic rings. The largest absolute Gasteiger partial charge is 0.451 e. The molecular formula is C31H41N5O6. The second kappa shape index (κ2) is 13.0. The highest BCUT2D eigenvalue weighted by molar-refractivity contribution is 5.91. The molecule has 0 aliphatic carbocycles. The van der Waals surface area contributed by atoms with Crippen LogP contribution in [0.3, 0.4) is 0 Å². The van der Waals surface area contributed by atoms with E-state index in [1.165, 1.54) is 12.1 Å². The smallest absolute Gasteiger partial charge is 0.318 e. The van der Waals surface area contributed by atoms with Crippen molar-refractivity contribution in [2.75, 3.05) is 20.3 Å². The van der Waals surface area contributed by atoms with E-state index in [0.29, 0.717) is 25.1 Å². The number of fused-ring (bicyclic) bond motifs is 4. The lowest BCUT2D eigenvalue weighted by Gasteiger charge is -2.35. The Kier molecular flexibility index (Phi) is 9.63. The molecule has 2 aliphatic heterocycles. The molecule has 0 saturated carbocycles. The van der Waals surface area contributed by atoms with E-state index in [-0.39, 0.29) is 24.5 Å². The van der Waals surface area contributed by atoms with Crippen molar-refractivity contribution in [3.8, 4) is 0 Å². The number of benzene rings is 1. The number of hydrazine groups is 1. The molecule has 0 radical (unpaired) electrons. The fourth-order valence-electron chi connectivity index (χ4n) is 5.11. The van der Waals surface area contributed by atoms with E-state index in [1.807, 2.05) is 37.3 Å². The number of hydrogen-bond donors (Lipinski definition) is 3. The Hall–Kier alpha value is -3.83. The molecule has 3 heterocycles. The minimum absolute atomic E-state index is 0.0264. The van der Waals surface area contributed by atoms with Gasteiger partial charge in [-0.1, -0.05) is 44.2 Å². The molecule has 11 nitrogen and oxygen atoms in total. The average molecular weight is 580 g/mol. The Morgan fingerprint density at radius 3 is 2.50 bits per heavy atom. The van der Waals surface area contributed by atoms with Gasteiger partial charge in [0.1, 0.15) is 17.5 Å². The minimum atomic E-state index is -1.20. The number of esters is 1. The number of nitrogens with zero attached hydrogens (tertiary/aromatic N) is 2. The van der Waals surface area contributed by atoms with E-state index in [0.717, 1.165) is 16.5 Å². The second-order valence-electron chi connectivity index (χ2n) is 11.7. The number of aromatic nitrogens is 1. The normalized spacial score (nSPS) is 28.8. The summed E-state index contributed by atoms with van der Waals surface area (Å²) in [4.78, 5) is 58.0. The molecule has 0 spiro atoms. The van der Waals surface area contributed by atoms with Gasteiger partial charge in [-0.15, -0.1) is 0 Å². The molecule has 1 aromatic carbocycles. The van der Waals surface area contributed by atoms with Gasteiger partial charge in [0.05, 0.1) is 23.9 Å². The van der Waals surface area contributed by atoms with Crippen molar-refractivity contribution < 1.29 is 28.7 Å². The molecule has 4 rings (SSSR count). The van der Waals surface area contributed by atoms with Crippen molar-refractivity contribution in [2.45, 2.75) is 71.7 Å². The third-order valence-electron chi connectivity index (χ3n) is 7.69. The maximum atomic E-state index is 13.5. The molecule has 0 unspecified atom stereocenters. The van der Waals surface area contributed by atoms with Gasteiger partial charge in [-0.25, -0.2) is 5.43 Å². The first-order valence-corrected chi connectivity index (χ1v) is 14.4. The number of cyclic esters (lactones) is 1. The summed E-state index contributed by atoms with van der Waals surface area (Å²) in [5.41, 5.74) is 4.05. The van der Waals surface area contributed by atoms with Gasteiger partial charge in [-0.05, 0) is 57.2 Å². The van der Waals surface area contributed by atoms with Gasteiger partial charge in [-0.2, -0.15) is 0 Å². The van der Waals surface area contributed by atoms with Crippen LogP contribution < -0.4 is 16.1 Å². The predicted octanol–water partition coefficient (Wildman–Crippen LogP) is 2.66. The van der Waals surface area contributed by atoms with Crippen molar-refractivity contribution in [3.63, 3.8) is 0 Å². The molecule has 2 aromatic rings. The van der Waals surface area contributed by atoms with Gasteiger partial charge in [0.15, 0.2) is 6.10 Å². The number of carbonyl (C=O) groups excluding carboxylic acids is 4. The summed E-state index contributed by atoms with van der Waals surface area (Å²) >= 11 is 0. The number of pyridine rings is 1. The van der Waals surface area contributed by atoms with E-state index in [2.05, 4.69) is 16.1 Å². The lowest BCUT2D eigenvalue weighted by atomic mass is 9.90. The monoisotopic (exact) mass is 579 g/mol. The number of nitrogens with one attached hydrogen (secondary N) is 3. The number of methoxy groups -OCH3 is 1. The Morgan fingerprint density at radius 2 is 1.79 bits per heavy atom. The van der Waals surface area contributed by atoms with Crippen molar-refractivity contribution in [2.24, 2.45) is 11.3 Å². The van der Waals surface area contributed by atoms with Crippen molar-refractivity contribution in [3.05, 3.63) is 47.7 Å². The molecule has 226 valence electrons. The first-order chi connectivity index (χ1) is 19.9. The standard InChI is InChI=1S/C31H41N5O6/c1-18(2)26-28(38)33-20(4)29(39)36-15-7-8-24(35-36)27(37)32-19(3)23-12-11-22-10-9-21(16-25(22)34-23)13-14-31(5,17-41-6)30(40)42-26/h9-14,16,18-20,24,26,35H,7-8,15,17H2,1-6H3,(H,32,37)(H,33,38)/b14-13+/t19-,20+,24+,26+,31-/m1/s1. The number of carbonyl (C=O) groups is 4. The van der Waals surface area contributed by atoms with Gasteiger partial charge in [-0.3, -0.25) is 29.2 Å².